The average Bonchev–Trinajstić information content (AvgIpc) is 3.59. The van der Waals surface area contributed by atoms with Crippen molar-refractivity contribution in [1.82, 2.24) is 41.0 Å². The van der Waals surface area contributed by atoms with Crippen LogP contribution in [-0.2, 0) is 19.0 Å². The first-order chi connectivity index (χ1) is 21.4. The molecule has 3 aromatic rings. The van der Waals surface area contributed by atoms with Gasteiger partial charge in [-0.3, -0.25) is 14.7 Å². The number of hydrogen-bond donors (Lipinski definition) is 6. The molecule has 0 bridgehead atoms. The van der Waals surface area contributed by atoms with Gasteiger partial charge in [0.05, 0.1) is 28.8 Å². The topological polar surface area (TPSA) is 184 Å². The van der Waals surface area contributed by atoms with E-state index < -0.39 is 23.7 Å². The molecular formula is C28H30ClF3N10O3. The van der Waals surface area contributed by atoms with Crippen molar-refractivity contribution in [2.75, 3.05) is 25.0 Å². The van der Waals surface area contributed by atoms with Gasteiger partial charge in [-0.25, -0.2) is 9.78 Å². The van der Waals surface area contributed by atoms with Crippen LogP contribution in [0.5, 0.6) is 0 Å². The Labute approximate surface area is 260 Å². The van der Waals surface area contributed by atoms with Crippen LogP contribution in [-0.4, -0.2) is 80.7 Å². The van der Waals surface area contributed by atoms with E-state index in [1.54, 1.807) is 11.0 Å². The number of hydrogen-bond acceptors (Lipinski definition) is 7. The predicted molar refractivity (Wildman–Crippen MR) is 156 cm³/mol. The average molecular weight is 647 g/mol. The lowest BCUT2D eigenvalue weighted by molar-refractivity contribution is -0.141. The molecule has 0 radical (unpaired) electrons. The second-order valence-electron chi connectivity index (χ2n) is 11.0. The quantitative estimate of drug-likeness (QED) is 0.217. The Morgan fingerprint density at radius 2 is 1.93 bits per heavy atom. The monoisotopic (exact) mass is 646 g/mol. The van der Waals surface area contributed by atoms with Crippen LogP contribution in [0.2, 0.25) is 5.02 Å². The highest BCUT2D eigenvalue weighted by atomic mass is 35.5. The molecule has 0 unspecified atom stereocenters. The molecule has 1 aromatic carbocycles. The minimum Gasteiger partial charge on any atom is -0.349 e. The molecule has 6 N–H and O–H groups in total. The number of alkyl halides is 3. The fourth-order valence-electron chi connectivity index (χ4n) is 5.27. The van der Waals surface area contributed by atoms with E-state index in [2.05, 4.69) is 41.4 Å². The summed E-state index contributed by atoms with van der Waals surface area (Å²) in [6, 6.07) is 6.10. The lowest BCUT2D eigenvalue weighted by Crippen LogP contribution is -2.59. The maximum Gasteiger partial charge on any atom is 0.435 e. The highest BCUT2D eigenvalue weighted by Gasteiger charge is 2.38. The largest absolute Gasteiger partial charge is 0.435 e. The highest BCUT2D eigenvalue weighted by molar-refractivity contribution is 6.34. The maximum atomic E-state index is 13.4. The summed E-state index contributed by atoms with van der Waals surface area (Å²) in [5, 5.41) is 26.4. The second-order valence-corrected chi connectivity index (χ2v) is 11.4. The van der Waals surface area contributed by atoms with Crippen LogP contribution >= 0.6 is 11.6 Å². The van der Waals surface area contributed by atoms with E-state index in [1.807, 2.05) is 6.92 Å². The summed E-state index contributed by atoms with van der Waals surface area (Å²) in [7, 11) is 0. The summed E-state index contributed by atoms with van der Waals surface area (Å²) < 4.78 is 40.2. The minimum absolute atomic E-state index is 0.0219. The fraction of sp³-hybridized carbons (Fsp3) is 0.429. The fourth-order valence-corrected chi connectivity index (χ4v) is 5.54. The molecule has 3 heterocycles. The number of aromatic nitrogens is 4. The van der Waals surface area contributed by atoms with Crippen LogP contribution in [0.3, 0.4) is 0 Å². The number of nitriles is 1. The van der Waals surface area contributed by atoms with Crippen LogP contribution in [0.15, 0.2) is 24.4 Å². The molecule has 5 rings (SSSR count). The number of benzene rings is 1. The Morgan fingerprint density at radius 1 is 1.18 bits per heavy atom. The van der Waals surface area contributed by atoms with Crippen molar-refractivity contribution in [2.45, 2.75) is 56.9 Å². The summed E-state index contributed by atoms with van der Waals surface area (Å²) in [6.45, 7) is 4.05. The number of halogens is 4. The molecular weight excluding hydrogens is 617 g/mol. The Hall–Kier alpha value is -4.62. The molecule has 238 valence electrons. The van der Waals surface area contributed by atoms with E-state index in [1.165, 1.54) is 24.4 Å². The number of nitrogens with one attached hydrogen (secondary N) is 6. The third-order valence-corrected chi connectivity index (χ3v) is 7.93. The van der Waals surface area contributed by atoms with E-state index in [0.717, 1.165) is 6.54 Å². The molecule has 1 aliphatic heterocycles. The molecule has 17 heteroatoms. The number of aromatic amines is 2. The van der Waals surface area contributed by atoms with Gasteiger partial charge >= 0.3 is 12.2 Å². The Balaban J connectivity index is 1.13. The first-order valence-electron chi connectivity index (χ1n) is 14.2. The Kier molecular flexibility index (Phi) is 9.30. The van der Waals surface area contributed by atoms with Gasteiger partial charge in [-0.05, 0) is 38.0 Å². The molecule has 4 amide bonds. The number of imidazole rings is 1. The number of piperazine rings is 1. The van der Waals surface area contributed by atoms with Crippen molar-refractivity contribution in [3.8, 4) is 6.07 Å². The number of carbonyl (C=O) groups excluding carboxylic acids is 3. The molecule has 0 spiro atoms. The number of H-pyrrole nitrogens is 2. The van der Waals surface area contributed by atoms with E-state index in [-0.39, 0.29) is 76.0 Å². The van der Waals surface area contributed by atoms with Gasteiger partial charge in [0, 0.05) is 67.3 Å². The number of nitrogens with zero attached hydrogens (tertiary/aromatic N) is 4. The van der Waals surface area contributed by atoms with E-state index >= 15 is 0 Å². The van der Waals surface area contributed by atoms with Gasteiger partial charge in [-0.1, -0.05) is 11.6 Å². The van der Waals surface area contributed by atoms with Gasteiger partial charge in [-0.15, -0.1) is 0 Å². The van der Waals surface area contributed by atoms with Crippen LogP contribution in [0.4, 0.5) is 23.7 Å². The summed E-state index contributed by atoms with van der Waals surface area (Å²) in [4.78, 5) is 46.5. The van der Waals surface area contributed by atoms with Gasteiger partial charge in [0.1, 0.15) is 0 Å². The zero-order valence-electron chi connectivity index (χ0n) is 24.0. The van der Waals surface area contributed by atoms with Gasteiger partial charge in [0.15, 0.2) is 11.5 Å². The number of anilines is 1. The third-order valence-electron chi connectivity index (χ3n) is 7.62. The smallest absolute Gasteiger partial charge is 0.349 e. The molecule has 1 saturated heterocycles. The minimum atomic E-state index is -4.73. The van der Waals surface area contributed by atoms with Crippen LogP contribution in [0, 0.1) is 11.3 Å². The molecule has 2 aromatic heterocycles. The summed E-state index contributed by atoms with van der Waals surface area (Å²) >= 11 is 6.34. The van der Waals surface area contributed by atoms with Crippen molar-refractivity contribution >= 4 is 35.1 Å². The lowest BCUT2D eigenvalue weighted by atomic mass is 9.86. The Morgan fingerprint density at radius 3 is 2.62 bits per heavy atom. The third kappa shape index (κ3) is 7.55. The summed E-state index contributed by atoms with van der Waals surface area (Å²) in [5.74, 6) is -1.25. The van der Waals surface area contributed by atoms with E-state index in [9.17, 15) is 27.6 Å². The molecule has 13 nitrogen and oxygen atoms in total. The molecule has 45 heavy (non-hydrogen) atoms. The van der Waals surface area contributed by atoms with Crippen LogP contribution in [0.1, 0.15) is 63.4 Å². The molecule has 1 aliphatic carbocycles. The molecule has 2 fully saturated rings. The van der Waals surface area contributed by atoms with Gasteiger partial charge in [0.2, 0.25) is 0 Å². The van der Waals surface area contributed by atoms with Crippen molar-refractivity contribution < 1.29 is 27.6 Å². The van der Waals surface area contributed by atoms with Crippen molar-refractivity contribution in [1.29, 1.82) is 5.26 Å². The van der Waals surface area contributed by atoms with Crippen molar-refractivity contribution in [3.63, 3.8) is 0 Å². The number of rotatable bonds is 8. The van der Waals surface area contributed by atoms with E-state index in [4.69, 9.17) is 16.9 Å². The van der Waals surface area contributed by atoms with Gasteiger partial charge < -0.3 is 31.2 Å². The second kappa shape index (κ2) is 13.2. The molecule has 1 saturated carbocycles. The first kappa shape index (κ1) is 31.8. The lowest BCUT2D eigenvalue weighted by Gasteiger charge is -2.39. The van der Waals surface area contributed by atoms with Crippen molar-refractivity contribution in [3.05, 3.63) is 63.5 Å². The zero-order valence-corrected chi connectivity index (χ0v) is 24.8. The molecule has 2 aliphatic rings. The van der Waals surface area contributed by atoms with E-state index in [0.29, 0.717) is 25.9 Å². The standard InChI is InChI=1S/C28H30ClF3N10O3/c1-14-13-42(7-6-34-14)27(45)39-17-8-16(9-17)38-25(43)19-3-2-15(11-21(19)29)37-26(44)24-35-12-18(36-24)10-20-22(4-5-33)40-41-23(20)28(30,31)32/h2-3,11-12,14,16-17,34H,4,6-10,13H2,1H3,(H,35,36)(H,37,44)(H,38,43)(H,39,45)(H,40,41)/t14-,16?,17?/m0/s1. The first-order valence-corrected chi connectivity index (χ1v) is 14.5. The molecule has 1 atom stereocenters. The van der Waals surface area contributed by atoms with Gasteiger partial charge in [-0.2, -0.15) is 23.5 Å². The maximum absolute atomic E-state index is 13.4. The number of urea groups is 1. The van der Waals surface area contributed by atoms with Crippen LogP contribution < -0.4 is 21.3 Å². The normalized spacial score (nSPS) is 19.7. The predicted octanol–water partition coefficient (Wildman–Crippen LogP) is 2.98. The van der Waals surface area contributed by atoms with Crippen molar-refractivity contribution in [2.24, 2.45) is 0 Å². The SMILES string of the molecule is C[C@H]1CN(C(=O)NC2CC(NC(=O)c3ccc(NC(=O)c4ncc(Cc5c(C(F)(F)F)n[nH]c5CC#N)[nH]4)cc3Cl)C2)CCN1. The summed E-state index contributed by atoms with van der Waals surface area (Å²) in [6.07, 6.45) is -2.92. The van der Waals surface area contributed by atoms with Crippen LogP contribution in [0.25, 0.3) is 0 Å². The number of amides is 4. The van der Waals surface area contributed by atoms with Gasteiger partial charge in [0.25, 0.3) is 11.8 Å². The zero-order chi connectivity index (χ0) is 32.3. The number of carbonyl (C=O) groups is 3. The Bertz CT molecular complexity index is 1630. The summed E-state index contributed by atoms with van der Waals surface area (Å²) in [5.41, 5.74) is -0.672. The highest BCUT2D eigenvalue weighted by Crippen LogP contribution is 2.33.